The van der Waals surface area contributed by atoms with E-state index in [1.807, 2.05) is 6.07 Å². The molecule has 1 aromatic heterocycles. The minimum Gasteiger partial charge on any atom is -0.326 e. The number of H-pyrrole nitrogens is 1. The Morgan fingerprint density at radius 2 is 2.22 bits per heavy atom. The maximum atomic E-state index is 11.5. The molecule has 1 aromatic rings. The Kier molecular flexibility index (Phi) is 2.35. The van der Waals surface area contributed by atoms with Crippen LogP contribution in [0, 0.1) is 5.92 Å². The third kappa shape index (κ3) is 1.44. The van der Waals surface area contributed by atoms with Crippen molar-refractivity contribution < 1.29 is 0 Å². The summed E-state index contributed by atoms with van der Waals surface area (Å²) in [7, 11) is 0. The molecule has 0 spiro atoms. The number of pyridine rings is 1. The lowest BCUT2D eigenvalue weighted by Gasteiger charge is -2.44. The van der Waals surface area contributed by atoms with Crippen molar-refractivity contribution in [1.29, 1.82) is 0 Å². The fraction of sp³-hybridized carbons (Fsp3) is 0.400. The fourth-order valence-electron chi connectivity index (χ4n) is 3.57. The molecule has 2 bridgehead atoms. The summed E-state index contributed by atoms with van der Waals surface area (Å²) >= 11 is 0. The molecule has 0 amide bonds. The van der Waals surface area contributed by atoms with E-state index in [0.29, 0.717) is 5.92 Å². The topological polar surface area (TPSA) is 58.9 Å². The summed E-state index contributed by atoms with van der Waals surface area (Å²) in [6.45, 7) is 4.19. The van der Waals surface area contributed by atoms with Gasteiger partial charge in [0.1, 0.15) is 0 Å². The lowest BCUT2D eigenvalue weighted by molar-refractivity contribution is 0.430. The molecule has 2 aliphatic rings. The Labute approximate surface area is 106 Å². The summed E-state index contributed by atoms with van der Waals surface area (Å²) in [5.41, 5.74) is 10.7. The molecule has 3 heteroatoms. The Balaban J connectivity index is 2.31. The quantitative estimate of drug-likeness (QED) is 0.684. The van der Waals surface area contributed by atoms with Crippen molar-refractivity contribution in [3.05, 3.63) is 57.0 Å². The molecular weight excluding hydrogens is 224 g/mol. The van der Waals surface area contributed by atoms with Gasteiger partial charge in [0.15, 0.2) is 0 Å². The minimum absolute atomic E-state index is 0.0416. The number of hydrogen-bond donors (Lipinski definition) is 2. The standard InChI is InChI=1S/C15H18N2O/c1-3-11-10-6-9(2)8-15(11,16)12-4-5-14(18)17-13(12)7-10/h3-5,8,10H,6-7,16H2,1-2H3,(H,17,18)/b11-3-. The van der Waals surface area contributed by atoms with Gasteiger partial charge in [-0.05, 0) is 49.8 Å². The highest BCUT2D eigenvalue weighted by Gasteiger charge is 2.42. The molecule has 1 heterocycles. The van der Waals surface area contributed by atoms with E-state index in [4.69, 9.17) is 5.73 Å². The second-order valence-corrected chi connectivity index (χ2v) is 5.42. The first-order valence-electron chi connectivity index (χ1n) is 6.41. The molecule has 0 fully saturated rings. The van der Waals surface area contributed by atoms with Crippen molar-refractivity contribution in [1.82, 2.24) is 4.98 Å². The van der Waals surface area contributed by atoms with Crippen molar-refractivity contribution in [2.45, 2.75) is 32.2 Å². The molecule has 0 aromatic carbocycles. The zero-order chi connectivity index (χ0) is 12.9. The first kappa shape index (κ1) is 11.5. The van der Waals surface area contributed by atoms with Gasteiger partial charge in [-0.25, -0.2) is 0 Å². The van der Waals surface area contributed by atoms with Gasteiger partial charge in [0.2, 0.25) is 5.56 Å². The van der Waals surface area contributed by atoms with Crippen molar-refractivity contribution >= 4 is 0 Å². The molecule has 3 rings (SSSR count). The molecule has 0 saturated carbocycles. The van der Waals surface area contributed by atoms with Crippen LogP contribution in [0.15, 0.2) is 40.2 Å². The molecular formula is C15H18N2O. The molecule has 0 saturated heterocycles. The lowest BCUT2D eigenvalue weighted by atomic mass is 9.64. The lowest BCUT2D eigenvalue weighted by Crippen LogP contribution is -2.47. The Bertz CT molecular complexity index is 624. The molecule has 18 heavy (non-hydrogen) atoms. The van der Waals surface area contributed by atoms with Gasteiger partial charge < -0.3 is 10.7 Å². The predicted octanol–water partition coefficient (Wildman–Crippen LogP) is 2.00. The summed E-state index contributed by atoms with van der Waals surface area (Å²) in [5, 5.41) is 0. The second kappa shape index (κ2) is 3.69. The van der Waals surface area contributed by atoms with Gasteiger partial charge in [-0.1, -0.05) is 17.7 Å². The van der Waals surface area contributed by atoms with Crippen LogP contribution in [0.2, 0.25) is 0 Å². The summed E-state index contributed by atoms with van der Waals surface area (Å²) < 4.78 is 0. The number of nitrogens with two attached hydrogens (primary N) is 1. The SMILES string of the molecule is C/C=C1/C2CC(C)=CC1(N)c1ccc(=O)[nH]c1C2. The van der Waals surface area contributed by atoms with E-state index < -0.39 is 5.54 Å². The summed E-state index contributed by atoms with van der Waals surface area (Å²) in [6.07, 6.45) is 6.21. The normalized spacial score (nSPS) is 32.1. The van der Waals surface area contributed by atoms with Crippen LogP contribution in [0.3, 0.4) is 0 Å². The van der Waals surface area contributed by atoms with Crippen molar-refractivity contribution in [3.63, 3.8) is 0 Å². The van der Waals surface area contributed by atoms with E-state index in [-0.39, 0.29) is 5.56 Å². The highest BCUT2D eigenvalue weighted by atomic mass is 16.1. The van der Waals surface area contributed by atoms with E-state index in [0.717, 1.165) is 24.1 Å². The summed E-state index contributed by atoms with van der Waals surface area (Å²) in [4.78, 5) is 14.4. The number of aromatic nitrogens is 1. The Morgan fingerprint density at radius 1 is 1.44 bits per heavy atom. The maximum Gasteiger partial charge on any atom is 0.248 e. The molecule has 0 aliphatic heterocycles. The van der Waals surface area contributed by atoms with Crippen molar-refractivity contribution in [2.75, 3.05) is 0 Å². The monoisotopic (exact) mass is 242 g/mol. The smallest absolute Gasteiger partial charge is 0.248 e. The Morgan fingerprint density at radius 3 is 2.94 bits per heavy atom. The average Bonchev–Trinajstić information content (AvgIpc) is 2.26. The number of aromatic amines is 1. The van der Waals surface area contributed by atoms with E-state index in [1.54, 1.807) is 6.07 Å². The van der Waals surface area contributed by atoms with Gasteiger partial charge in [0.05, 0.1) is 5.54 Å². The molecule has 2 unspecified atom stereocenters. The van der Waals surface area contributed by atoms with Crippen LogP contribution >= 0.6 is 0 Å². The van der Waals surface area contributed by atoms with E-state index in [1.165, 1.54) is 11.1 Å². The average molecular weight is 242 g/mol. The van der Waals surface area contributed by atoms with E-state index in [9.17, 15) is 4.79 Å². The maximum absolute atomic E-state index is 11.5. The summed E-state index contributed by atoms with van der Waals surface area (Å²) in [6, 6.07) is 3.45. The fourth-order valence-corrected chi connectivity index (χ4v) is 3.57. The van der Waals surface area contributed by atoms with Crippen LogP contribution < -0.4 is 11.3 Å². The van der Waals surface area contributed by atoms with Gasteiger partial charge in [-0.15, -0.1) is 0 Å². The van der Waals surface area contributed by atoms with E-state index in [2.05, 4.69) is 31.0 Å². The van der Waals surface area contributed by atoms with Crippen LogP contribution in [-0.2, 0) is 12.0 Å². The third-order valence-corrected chi connectivity index (χ3v) is 4.17. The van der Waals surface area contributed by atoms with Gasteiger partial charge >= 0.3 is 0 Å². The van der Waals surface area contributed by atoms with Crippen LogP contribution in [-0.4, -0.2) is 4.98 Å². The highest BCUT2D eigenvalue weighted by molar-refractivity contribution is 5.50. The molecule has 2 atom stereocenters. The third-order valence-electron chi connectivity index (χ3n) is 4.17. The van der Waals surface area contributed by atoms with Crippen molar-refractivity contribution in [2.24, 2.45) is 11.7 Å². The molecule has 0 radical (unpaired) electrons. The van der Waals surface area contributed by atoms with Gasteiger partial charge in [-0.3, -0.25) is 4.79 Å². The minimum atomic E-state index is -0.528. The van der Waals surface area contributed by atoms with Gasteiger partial charge in [-0.2, -0.15) is 0 Å². The van der Waals surface area contributed by atoms with Crippen molar-refractivity contribution in [3.8, 4) is 0 Å². The number of allylic oxidation sites excluding steroid dienone is 2. The zero-order valence-corrected chi connectivity index (χ0v) is 10.8. The molecule has 2 aliphatic carbocycles. The molecule has 3 nitrogen and oxygen atoms in total. The van der Waals surface area contributed by atoms with E-state index >= 15 is 0 Å². The molecule has 3 N–H and O–H groups in total. The van der Waals surface area contributed by atoms with Crippen LogP contribution in [0.4, 0.5) is 0 Å². The number of fused-ring (bicyclic) bond motifs is 4. The first-order chi connectivity index (χ1) is 8.54. The van der Waals surface area contributed by atoms with Gasteiger partial charge in [0.25, 0.3) is 0 Å². The number of hydrogen-bond acceptors (Lipinski definition) is 2. The van der Waals surface area contributed by atoms with Crippen LogP contribution in [0.25, 0.3) is 0 Å². The Hall–Kier alpha value is -1.61. The summed E-state index contributed by atoms with van der Waals surface area (Å²) in [5.74, 6) is 0.426. The van der Waals surface area contributed by atoms with Crippen LogP contribution in [0.5, 0.6) is 0 Å². The second-order valence-electron chi connectivity index (χ2n) is 5.42. The zero-order valence-electron chi connectivity index (χ0n) is 10.8. The molecule has 94 valence electrons. The van der Waals surface area contributed by atoms with Crippen LogP contribution in [0.1, 0.15) is 31.5 Å². The predicted molar refractivity (Wildman–Crippen MR) is 72.3 cm³/mol. The van der Waals surface area contributed by atoms with Gasteiger partial charge in [0, 0.05) is 11.8 Å². The largest absolute Gasteiger partial charge is 0.326 e. The first-order valence-corrected chi connectivity index (χ1v) is 6.41. The number of nitrogens with one attached hydrogen (secondary N) is 1. The highest BCUT2D eigenvalue weighted by Crippen LogP contribution is 2.46. The number of rotatable bonds is 0.